The molecule has 0 aliphatic carbocycles. The summed E-state index contributed by atoms with van der Waals surface area (Å²) in [5, 5.41) is 0. The predicted octanol–water partition coefficient (Wildman–Crippen LogP) is 5.28. The van der Waals surface area contributed by atoms with Gasteiger partial charge in [-0.05, 0) is 63.8 Å². The van der Waals surface area contributed by atoms with Crippen molar-refractivity contribution in [1.82, 2.24) is 0 Å². The zero-order valence-electron chi connectivity index (χ0n) is 17.4. The van der Waals surface area contributed by atoms with E-state index >= 15 is 0 Å². The van der Waals surface area contributed by atoms with E-state index in [2.05, 4.69) is 0 Å². The number of carbonyl (C=O) groups is 2. The monoisotopic (exact) mass is 398 g/mol. The van der Waals surface area contributed by atoms with Crippen LogP contribution in [0.2, 0.25) is 0 Å². The Hall–Kier alpha value is -2.03. The predicted molar refractivity (Wildman–Crippen MR) is 112 cm³/mol. The lowest BCUT2D eigenvalue weighted by Crippen LogP contribution is -2.19. The van der Waals surface area contributed by atoms with Crippen molar-refractivity contribution in [3.05, 3.63) is 68.8 Å². The van der Waals surface area contributed by atoms with Crippen LogP contribution < -0.4 is 0 Å². The highest BCUT2D eigenvalue weighted by atomic mass is 31.2. The Bertz CT molecular complexity index is 911. The van der Waals surface area contributed by atoms with Gasteiger partial charge in [0.25, 0.3) is 0 Å². The Labute approximate surface area is 166 Å². The summed E-state index contributed by atoms with van der Waals surface area (Å²) in [7, 11) is -3.88. The van der Waals surface area contributed by atoms with Gasteiger partial charge in [-0.25, -0.2) is 0 Å². The topological polar surface area (TPSA) is 63.7 Å². The van der Waals surface area contributed by atoms with Crippen LogP contribution in [0, 0.1) is 41.5 Å². The summed E-state index contributed by atoms with van der Waals surface area (Å²) < 4.78 is 19.3. The van der Waals surface area contributed by atoms with Crippen LogP contribution in [0.15, 0.2) is 24.3 Å². The smallest absolute Gasteiger partial charge is 0.229 e. The van der Waals surface area contributed by atoms with Crippen LogP contribution in [0.25, 0.3) is 0 Å². The van der Waals surface area contributed by atoms with Gasteiger partial charge in [-0.15, -0.1) is 0 Å². The first-order valence-corrected chi connectivity index (χ1v) is 11.4. The largest absolute Gasteiger partial charge is 0.373 e. The van der Waals surface area contributed by atoms with Gasteiger partial charge in [-0.2, -0.15) is 0 Å². The fourth-order valence-corrected chi connectivity index (χ4v) is 6.84. The van der Waals surface area contributed by atoms with Gasteiger partial charge in [0.2, 0.25) is 18.2 Å². The van der Waals surface area contributed by atoms with Gasteiger partial charge in [0, 0.05) is 17.3 Å². The van der Waals surface area contributed by atoms with E-state index in [-0.39, 0.29) is 12.3 Å². The van der Waals surface area contributed by atoms with Crippen molar-refractivity contribution in [2.24, 2.45) is 0 Å². The van der Waals surface area contributed by atoms with Crippen LogP contribution in [0.5, 0.6) is 0 Å². The molecule has 1 aliphatic heterocycles. The fraction of sp³-hybridized carbons (Fsp3) is 0.391. The molecule has 4 nitrogen and oxygen atoms in total. The standard InChI is InChI=1S/C23H27O4P/c1-13-7-15(3)20(16(4)8-13)22(24)28(26,12-19-11-27-19)23(25)21-17(5)9-14(2)10-18(21)6/h7-10,19H,11-12H2,1-6H3. The first kappa shape index (κ1) is 20.7. The van der Waals surface area contributed by atoms with Gasteiger partial charge in [0.15, 0.2) is 0 Å². The molecule has 1 saturated heterocycles. The minimum Gasteiger partial charge on any atom is -0.373 e. The second-order valence-corrected chi connectivity index (χ2v) is 10.7. The Morgan fingerprint density at radius 3 is 1.43 bits per heavy atom. The highest BCUT2D eigenvalue weighted by molar-refractivity contribution is 7.95. The SMILES string of the molecule is Cc1cc(C)c(C(=O)P(=O)(CC2CO2)C(=O)c2c(C)cc(C)cc2C)c(C)c1. The van der Waals surface area contributed by atoms with E-state index in [0.717, 1.165) is 33.4 Å². The minimum absolute atomic E-state index is 0.0236. The van der Waals surface area contributed by atoms with Gasteiger partial charge in [0.1, 0.15) is 0 Å². The summed E-state index contributed by atoms with van der Waals surface area (Å²) in [6, 6.07) is 7.58. The van der Waals surface area contributed by atoms with E-state index in [1.807, 2.05) is 65.8 Å². The van der Waals surface area contributed by atoms with Gasteiger partial charge in [-0.1, -0.05) is 35.4 Å². The van der Waals surface area contributed by atoms with Crippen LogP contribution in [0.4, 0.5) is 0 Å². The molecular formula is C23H27O4P. The fourth-order valence-electron chi connectivity index (χ4n) is 4.11. The van der Waals surface area contributed by atoms with E-state index in [9.17, 15) is 14.2 Å². The minimum atomic E-state index is -3.88. The first-order chi connectivity index (χ1) is 13.0. The molecule has 2 aromatic rings. The molecule has 3 rings (SSSR count). The lowest BCUT2D eigenvalue weighted by molar-refractivity contribution is 0.103. The maximum Gasteiger partial charge on any atom is 0.229 e. The van der Waals surface area contributed by atoms with Crippen LogP contribution in [0.3, 0.4) is 0 Å². The van der Waals surface area contributed by atoms with E-state index in [4.69, 9.17) is 4.74 Å². The molecule has 1 fully saturated rings. The molecule has 1 aliphatic rings. The van der Waals surface area contributed by atoms with E-state index in [1.54, 1.807) is 0 Å². The quantitative estimate of drug-likeness (QED) is 0.491. The summed E-state index contributed by atoms with van der Waals surface area (Å²) >= 11 is 0. The Morgan fingerprint density at radius 1 is 0.821 bits per heavy atom. The van der Waals surface area contributed by atoms with E-state index in [1.165, 1.54) is 0 Å². The number of hydrogen-bond acceptors (Lipinski definition) is 4. The molecule has 0 N–H and O–H groups in total. The van der Waals surface area contributed by atoms with Crippen LogP contribution >= 0.6 is 7.14 Å². The molecule has 5 heteroatoms. The molecule has 148 valence electrons. The number of benzene rings is 2. The molecule has 0 radical (unpaired) electrons. The summed E-state index contributed by atoms with van der Waals surface area (Å²) in [5.74, 6) is 0. The van der Waals surface area contributed by atoms with Crippen molar-refractivity contribution in [3.8, 4) is 0 Å². The first-order valence-electron chi connectivity index (χ1n) is 9.50. The summed E-state index contributed by atoms with van der Waals surface area (Å²) in [6.45, 7) is 11.7. The third-order valence-electron chi connectivity index (χ3n) is 5.30. The number of ether oxygens (including phenoxy) is 1. The number of rotatable bonds is 6. The van der Waals surface area contributed by atoms with Gasteiger partial charge in [-0.3, -0.25) is 9.59 Å². The van der Waals surface area contributed by atoms with E-state index in [0.29, 0.717) is 17.7 Å². The summed E-state index contributed by atoms with van der Waals surface area (Å²) in [4.78, 5) is 27.1. The van der Waals surface area contributed by atoms with Crippen molar-refractivity contribution < 1.29 is 18.9 Å². The molecule has 2 aromatic carbocycles. The molecule has 1 atom stereocenters. The van der Waals surface area contributed by atoms with Gasteiger partial charge >= 0.3 is 0 Å². The lowest BCUT2D eigenvalue weighted by Gasteiger charge is -2.20. The van der Waals surface area contributed by atoms with Gasteiger partial charge < -0.3 is 9.30 Å². The van der Waals surface area contributed by atoms with Crippen molar-refractivity contribution in [2.45, 2.75) is 47.6 Å². The average molecular weight is 398 g/mol. The second kappa shape index (κ2) is 7.42. The number of hydrogen-bond donors (Lipinski definition) is 0. The average Bonchev–Trinajstić information content (AvgIpc) is 3.36. The van der Waals surface area contributed by atoms with Crippen LogP contribution in [-0.2, 0) is 9.30 Å². The van der Waals surface area contributed by atoms with Crippen molar-refractivity contribution in [1.29, 1.82) is 0 Å². The lowest BCUT2D eigenvalue weighted by atomic mass is 10.0. The normalized spacial score (nSPS) is 16.1. The van der Waals surface area contributed by atoms with Gasteiger partial charge in [0.05, 0.1) is 12.7 Å². The zero-order valence-corrected chi connectivity index (χ0v) is 18.3. The van der Waals surface area contributed by atoms with Crippen molar-refractivity contribution >= 4 is 18.2 Å². The Morgan fingerprint density at radius 2 is 1.14 bits per heavy atom. The Balaban J connectivity index is 2.15. The number of carbonyl (C=O) groups excluding carboxylic acids is 2. The maximum absolute atomic E-state index is 14.1. The molecule has 0 saturated carbocycles. The summed E-state index contributed by atoms with van der Waals surface area (Å²) in [5.41, 5.74) is 4.82. The molecule has 1 unspecified atom stereocenters. The van der Waals surface area contributed by atoms with Crippen LogP contribution in [0.1, 0.15) is 54.1 Å². The molecule has 1 heterocycles. The molecular weight excluding hydrogens is 371 g/mol. The maximum atomic E-state index is 14.1. The highest BCUT2D eigenvalue weighted by Gasteiger charge is 2.47. The molecule has 0 spiro atoms. The Kier molecular flexibility index (Phi) is 5.49. The molecule has 28 heavy (non-hydrogen) atoms. The number of aryl methyl sites for hydroxylation is 6. The number of epoxide rings is 1. The van der Waals surface area contributed by atoms with E-state index < -0.39 is 18.2 Å². The highest BCUT2D eigenvalue weighted by Crippen LogP contribution is 2.55. The second-order valence-electron chi connectivity index (χ2n) is 8.04. The molecule has 0 bridgehead atoms. The third kappa shape index (κ3) is 3.76. The van der Waals surface area contributed by atoms with Crippen molar-refractivity contribution in [3.63, 3.8) is 0 Å². The van der Waals surface area contributed by atoms with Crippen LogP contribution in [-0.4, -0.2) is 29.9 Å². The third-order valence-corrected chi connectivity index (χ3v) is 7.98. The zero-order chi connectivity index (χ0) is 20.8. The molecule has 0 amide bonds. The summed E-state index contributed by atoms with van der Waals surface area (Å²) in [6.07, 6.45) is -0.305. The van der Waals surface area contributed by atoms with Crippen molar-refractivity contribution in [2.75, 3.05) is 12.8 Å². The molecule has 0 aromatic heterocycles.